The fourth-order valence-electron chi connectivity index (χ4n) is 2.27. The van der Waals surface area contributed by atoms with Crippen molar-refractivity contribution in [1.29, 1.82) is 0 Å². The molecule has 1 aromatic rings. The van der Waals surface area contributed by atoms with E-state index in [1.807, 2.05) is 38.1 Å². The van der Waals surface area contributed by atoms with E-state index in [0.29, 0.717) is 17.2 Å². The maximum Gasteiger partial charge on any atom is 0.267 e. The second-order valence-corrected chi connectivity index (χ2v) is 6.44. The zero-order valence-corrected chi connectivity index (χ0v) is 13.9. The van der Waals surface area contributed by atoms with Crippen molar-refractivity contribution in [3.8, 4) is 11.5 Å². The summed E-state index contributed by atoms with van der Waals surface area (Å²) in [6.45, 7) is 8.38. The average molecular weight is 330 g/mol. The number of aliphatic imine (C=N–C) groups is 1. The Hall–Kier alpha value is -2.21. The van der Waals surface area contributed by atoms with Crippen molar-refractivity contribution in [2.24, 2.45) is 4.99 Å². The second-order valence-electron chi connectivity index (χ2n) is 5.43. The van der Waals surface area contributed by atoms with Crippen LogP contribution in [0, 0.1) is 0 Å². The van der Waals surface area contributed by atoms with Crippen LogP contribution in [0.1, 0.15) is 19.4 Å². The van der Waals surface area contributed by atoms with Gasteiger partial charge in [-0.15, -0.1) is 6.58 Å². The third-order valence-corrected chi connectivity index (χ3v) is 4.28. The summed E-state index contributed by atoms with van der Waals surface area (Å²) in [5.74, 6) is 1.38. The molecular weight excluding hydrogens is 312 g/mol. The monoisotopic (exact) mass is 330 g/mol. The Morgan fingerprint density at radius 3 is 2.91 bits per heavy atom. The molecule has 0 atom stereocenters. The van der Waals surface area contributed by atoms with Gasteiger partial charge >= 0.3 is 0 Å². The Morgan fingerprint density at radius 2 is 2.17 bits per heavy atom. The van der Waals surface area contributed by atoms with Crippen LogP contribution >= 0.6 is 11.8 Å². The van der Waals surface area contributed by atoms with Crippen LogP contribution in [0.5, 0.6) is 11.5 Å². The molecule has 23 heavy (non-hydrogen) atoms. The normalized spacial score (nSPS) is 20.1. The molecule has 3 rings (SSSR count). The molecule has 1 aromatic carbocycles. The van der Waals surface area contributed by atoms with Gasteiger partial charge in [0, 0.05) is 12.6 Å². The summed E-state index contributed by atoms with van der Waals surface area (Å²) < 4.78 is 10.7. The molecule has 2 aliphatic heterocycles. The van der Waals surface area contributed by atoms with Crippen LogP contribution in [0.15, 0.2) is 40.8 Å². The van der Waals surface area contributed by atoms with Crippen LogP contribution in [0.2, 0.25) is 0 Å². The summed E-state index contributed by atoms with van der Waals surface area (Å²) in [6.07, 6.45) is 3.56. The van der Waals surface area contributed by atoms with E-state index >= 15 is 0 Å². The minimum Gasteiger partial charge on any atom is -0.454 e. The standard InChI is InChI=1S/C17H18N2O3S/c1-4-7-19-16(20)15(23-17(19)18-11(2)3)9-12-5-6-13-14(8-12)22-10-21-13/h4-6,8-9,11H,1,7,10H2,2-3H3/b15-9-,18-17?. The summed E-state index contributed by atoms with van der Waals surface area (Å²) in [7, 11) is 0. The maximum absolute atomic E-state index is 12.6. The maximum atomic E-state index is 12.6. The number of thioether (sulfide) groups is 1. The first kappa shape index (κ1) is 15.7. The van der Waals surface area contributed by atoms with Crippen molar-refractivity contribution in [2.45, 2.75) is 19.9 Å². The van der Waals surface area contributed by atoms with E-state index in [4.69, 9.17) is 9.47 Å². The number of ether oxygens (including phenoxy) is 2. The molecule has 2 aliphatic rings. The molecule has 2 heterocycles. The third kappa shape index (κ3) is 3.27. The number of fused-ring (bicyclic) bond motifs is 1. The highest BCUT2D eigenvalue weighted by Gasteiger charge is 2.32. The highest BCUT2D eigenvalue weighted by molar-refractivity contribution is 8.18. The molecule has 1 amide bonds. The number of carbonyl (C=O) groups is 1. The molecule has 0 aromatic heterocycles. The summed E-state index contributed by atoms with van der Waals surface area (Å²) >= 11 is 1.39. The van der Waals surface area contributed by atoms with Crippen molar-refractivity contribution < 1.29 is 14.3 Å². The topological polar surface area (TPSA) is 51.1 Å². The van der Waals surface area contributed by atoms with Gasteiger partial charge in [0.1, 0.15) is 0 Å². The minimum atomic E-state index is -0.0491. The predicted molar refractivity (Wildman–Crippen MR) is 92.6 cm³/mol. The van der Waals surface area contributed by atoms with E-state index in [2.05, 4.69) is 11.6 Å². The van der Waals surface area contributed by atoms with Gasteiger partial charge in [-0.2, -0.15) is 0 Å². The summed E-state index contributed by atoms with van der Waals surface area (Å²) in [6, 6.07) is 5.76. The fraction of sp³-hybridized carbons (Fsp3) is 0.294. The molecule has 6 heteroatoms. The van der Waals surface area contributed by atoms with Crippen LogP contribution in [0.25, 0.3) is 6.08 Å². The first-order chi connectivity index (χ1) is 11.1. The Labute approximate surface area is 139 Å². The number of amidine groups is 1. The molecule has 0 aliphatic carbocycles. The molecule has 5 nitrogen and oxygen atoms in total. The van der Waals surface area contributed by atoms with Gasteiger partial charge < -0.3 is 9.47 Å². The van der Waals surface area contributed by atoms with E-state index < -0.39 is 0 Å². The molecule has 1 saturated heterocycles. The molecule has 0 bridgehead atoms. The fourth-order valence-corrected chi connectivity index (χ4v) is 3.39. The third-order valence-electron chi connectivity index (χ3n) is 3.26. The summed E-state index contributed by atoms with van der Waals surface area (Å²) in [5.41, 5.74) is 0.898. The van der Waals surface area contributed by atoms with Gasteiger partial charge in [0.15, 0.2) is 16.7 Å². The van der Waals surface area contributed by atoms with Crippen LogP contribution in [-0.2, 0) is 4.79 Å². The van der Waals surface area contributed by atoms with E-state index in [9.17, 15) is 4.79 Å². The number of amides is 1. The van der Waals surface area contributed by atoms with Crippen molar-refractivity contribution in [3.63, 3.8) is 0 Å². The van der Waals surface area contributed by atoms with Crippen molar-refractivity contribution in [3.05, 3.63) is 41.3 Å². The number of hydrogen-bond acceptors (Lipinski definition) is 5. The Morgan fingerprint density at radius 1 is 1.39 bits per heavy atom. The van der Waals surface area contributed by atoms with Gasteiger partial charge in [-0.05, 0) is 49.4 Å². The van der Waals surface area contributed by atoms with Crippen LogP contribution < -0.4 is 9.47 Å². The summed E-state index contributed by atoms with van der Waals surface area (Å²) in [5, 5.41) is 0.719. The predicted octanol–water partition coefficient (Wildman–Crippen LogP) is 3.28. The van der Waals surface area contributed by atoms with Gasteiger partial charge in [0.2, 0.25) is 6.79 Å². The average Bonchev–Trinajstić information content (AvgIpc) is 3.07. The summed E-state index contributed by atoms with van der Waals surface area (Å²) in [4.78, 5) is 19.4. The zero-order chi connectivity index (χ0) is 16.4. The molecule has 1 fully saturated rings. The van der Waals surface area contributed by atoms with Gasteiger partial charge in [-0.25, -0.2) is 0 Å². The lowest BCUT2D eigenvalue weighted by atomic mass is 10.2. The molecule has 0 N–H and O–H groups in total. The smallest absolute Gasteiger partial charge is 0.267 e. The molecule has 120 valence electrons. The van der Waals surface area contributed by atoms with Crippen molar-refractivity contribution >= 4 is 28.9 Å². The van der Waals surface area contributed by atoms with E-state index in [1.54, 1.807) is 11.0 Å². The number of carbonyl (C=O) groups excluding carboxylic acids is 1. The quantitative estimate of drug-likeness (QED) is 0.628. The van der Waals surface area contributed by atoms with Gasteiger partial charge in [-0.1, -0.05) is 12.1 Å². The van der Waals surface area contributed by atoms with Crippen LogP contribution in [0.3, 0.4) is 0 Å². The van der Waals surface area contributed by atoms with Gasteiger partial charge in [-0.3, -0.25) is 14.7 Å². The number of hydrogen-bond donors (Lipinski definition) is 0. The highest BCUT2D eigenvalue weighted by Crippen LogP contribution is 2.36. The minimum absolute atomic E-state index is 0.0491. The Kier molecular flexibility index (Phi) is 4.43. The van der Waals surface area contributed by atoms with Crippen LogP contribution in [0.4, 0.5) is 0 Å². The van der Waals surface area contributed by atoms with Crippen molar-refractivity contribution in [2.75, 3.05) is 13.3 Å². The van der Waals surface area contributed by atoms with Gasteiger partial charge in [0.25, 0.3) is 5.91 Å². The number of nitrogens with zero attached hydrogens (tertiary/aromatic N) is 2. The lowest BCUT2D eigenvalue weighted by Crippen LogP contribution is -2.29. The van der Waals surface area contributed by atoms with Gasteiger partial charge in [0.05, 0.1) is 4.91 Å². The van der Waals surface area contributed by atoms with E-state index in [0.717, 1.165) is 16.5 Å². The first-order valence-electron chi connectivity index (χ1n) is 7.38. The number of rotatable bonds is 4. The van der Waals surface area contributed by atoms with Crippen molar-refractivity contribution in [1.82, 2.24) is 4.90 Å². The van der Waals surface area contributed by atoms with E-state index in [1.165, 1.54) is 11.8 Å². The molecular formula is C17H18N2O3S. The lowest BCUT2D eigenvalue weighted by Gasteiger charge is -2.13. The van der Waals surface area contributed by atoms with E-state index in [-0.39, 0.29) is 18.7 Å². The Balaban J connectivity index is 1.90. The molecule has 0 radical (unpaired) electrons. The van der Waals surface area contributed by atoms with Crippen LogP contribution in [-0.4, -0.2) is 35.4 Å². The first-order valence-corrected chi connectivity index (χ1v) is 8.20. The number of benzene rings is 1. The SMILES string of the molecule is C=CCN1C(=O)/C(=C/c2ccc3c(c2)OCO3)SC1=NC(C)C. The zero-order valence-electron chi connectivity index (χ0n) is 13.1. The lowest BCUT2D eigenvalue weighted by molar-refractivity contribution is -0.121. The molecule has 0 saturated carbocycles. The molecule has 0 unspecified atom stereocenters. The molecule has 0 spiro atoms. The second kappa shape index (κ2) is 6.50. The Bertz CT molecular complexity index is 710. The largest absolute Gasteiger partial charge is 0.454 e. The highest BCUT2D eigenvalue weighted by atomic mass is 32.2.